The summed E-state index contributed by atoms with van der Waals surface area (Å²) in [5, 5.41) is 10.9. The summed E-state index contributed by atoms with van der Waals surface area (Å²) in [6, 6.07) is 3.99. The first-order valence-electron chi connectivity index (χ1n) is 3.65. The predicted molar refractivity (Wildman–Crippen MR) is 53.2 cm³/mol. The first-order chi connectivity index (χ1) is 6.56. The lowest BCUT2D eigenvalue weighted by atomic mass is 10.1. The van der Waals surface area contributed by atoms with Crippen molar-refractivity contribution in [2.75, 3.05) is 0 Å². The molecule has 0 atom stereocenters. The number of nitro benzene ring substituents is 1. The SMILES string of the molecule is [NH]C(=O)c1ccc(CBr)c([N+](=O)[O-])c1. The second-order valence-corrected chi connectivity index (χ2v) is 3.12. The van der Waals surface area contributed by atoms with Gasteiger partial charge in [-0.2, -0.15) is 0 Å². The first-order valence-corrected chi connectivity index (χ1v) is 4.77. The molecule has 14 heavy (non-hydrogen) atoms. The summed E-state index contributed by atoms with van der Waals surface area (Å²) in [6.45, 7) is 0. The highest BCUT2D eigenvalue weighted by atomic mass is 79.9. The summed E-state index contributed by atoms with van der Waals surface area (Å²) in [4.78, 5) is 20.7. The van der Waals surface area contributed by atoms with E-state index in [-0.39, 0.29) is 11.3 Å². The number of nitro groups is 1. The number of carbonyl (C=O) groups excluding carboxylic acids is 1. The van der Waals surface area contributed by atoms with Crippen molar-refractivity contribution < 1.29 is 9.72 Å². The number of carbonyl (C=O) groups is 1. The number of amides is 1. The standard InChI is InChI=1S/C8H6BrN2O3/c9-4-6-2-1-5(8(10)12)3-7(6)11(13)14/h1-3,10H,4H2. The van der Waals surface area contributed by atoms with Crippen LogP contribution in [0.25, 0.3) is 0 Å². The minimum absolute atomic E-state index is 0.0291. The Kier molecular flexibility index (Phi) is 3.19. The van der Waals surface area contributed by atoms with Crippen molar-refractivity contribution in [2.24, 2.45) is 0 Å². The molecule has 0 saturated carbocycles. The fraction of sp³-hybridized carbons (Fsp3) is 0.125. The van der Waals surface area contributed by atoms with Gasteiger partial charge in [0, 0.05) is 22.5 Å². The zero-order valence-electron chi connectivity index (χ0n) is 6.99. The Morgan fingerprint density at radius 3 is 2.64 bits per heavy atom. The van der Waals surface area contributed by atoms with Crippen molar-refractivity contribution >= 4 is 27.5 Å². The lowest BCUT2D eigenvalue weighted by Crippen LogP contribution is -2.01. The lowest BCUT2D eigenvalue weighted by molar-refractivity contribution is -0.385. The maximum absolute atomic E-state index is 10.7. The van der Waals surface area contributed by atoms with Gasteiger partial charge in [0.25, 0.3) is 11.6 Å². The summed E-state index contributed by atoms with van der Waals surface area (Å²) < 4.78 is 0. The van der Waals surface area contributed by atoms with Crippen LogP contribution in [0.2, 0.25) is 0 Å². The van der Waals surface area contributed by atoms with Crippen LogP contribution in [0.15, 0.2) is 18.2 Å². The third-order valence-corrected chi connectivity index (χ3v) is 2.29. The van der Waals surface area contributed by atoms with Gasteiger partial charge in [-0.3, -0.25) is 20.6 Å². The number of nitrogens with one attached hydrogen (secondary N) is 1. The molecule has 1 radical (unpaired) electrons. The summed E-state index contributed by atoms with van der Waals surface area (Å²) in [6.07, 6.45) is 0. The van der Waals surface area contributed by atoms with Gasteiger partial charge in [0.15, 0.2) is 0 Å². The Morgan fingerprint density at radius 1 is 1.57 bits per heavy atom. The minimum Gasteiger partial charge on any atom is -0.267 e. The van der Waals surface area contributed by atoms with Crippen LogP contribution in [0, 0.1) is 10.1 Å². The average Bonchev–Trinajstić information content (AvgIpc) is 2.16. The van der Waals surface area contributed by atoms with Crippen LogP contribution in [-0.2, 0) is 5.33 Å². The zero-order chi connectivity index (χ0) is 10.7. The summed E-state index contributed by atoms with van der Waals surface area (Å²) in [5.74, 6) is -0.922. The van der Waals surface area contributed by atoms with Crippen LogP contribution >= 0.6 is 15.9 Å². The van der Waals surface area contributed by atoms with E-state index in [1.165, 1.54) is 12.1 Å². The smallest absolute Gasteiger partial charge is 0.267 e. The van der Waals surface area contributed by atoms with Crippen molar-refractivity contribution in [1.29, 1.82) is 0 Å². The summed E-state index contributed by atoms with van der Waals surface area (Å²) in [7, 11) is 0. The van der Waals surface area contributed by atoms with Gasteiger partial charge < -0.3 is 0 Å². The van der Waals surface area contributed by atoms with Gasteiger partial charge in [0.1, 0.15) is 0 Å². The third-order valence-electron chi connectivity index (χ3n) is 1.69. The van der Waals surface area contributed by atoms with E-state index in [0.29, 0.717) is 10.9 Å². The molecule has 0 aliphatic rings. The van der Waals surface area contributed by atoms with E-state index in [0.717, 1.165) is 6.07 Å². The molecule has 0 aromatic heterocycles. The monoisotopic (exact) mass is 257 g/mol. The van der Waals surface area contributed by atoms with Crippen molar-refractivity contribution in [1.82, 2.24) is 5.73 Å². The molecule has 0 fully saturated rings. The second kappa shape index (κ2) is 4.19. The maximum Gasteiger partial charge on any atom is 0.274 e. The summed E-state index contributed by atoms with van der Waals surface area (Å²) >= 11 is 3.10. The minimum atomic E-state index is -0.922. The molecule has 0 spiro atoms. The van der Waals surface area contributed by atoms with Crippen LogP contribution in [0.3, 0.4) is 0 Å². The molecule has 1 aromatic carbocycles. The number of nitrogens with zero attached hydrogens (tertiary/aromatic N) is 1. The van der Waals surface area contributed by atoms with Crippen LogP contribution in [-0.4, -0.2) is 10.8 Å². The summed E-state index contributed by atoms with van der Waals surface area (Å²) in [5.41, 5.74) is 7.19. The number of hydrogen-bond acceptors (Lipinski definition) is 3. The van der Waals surface area contributed by atoms with Crippen LogP contribution < -0.4 is 5.73 Å². The Morgan fingerprint density at radius 2 is 2.21 bits per heavy atom. The molecule has 1 N–H and O–H groups in total. The van der Waals surface area contributed by atoms with Gasteiger partial charge in [-0.25, -0.2) is 0 Å². The fourth-order valence-corrected chi connectivity index (χ4v) is 1.46. The highest BCUT2D eigenvalue weighted by Gasteiger charge is 2.15. The number of halogens is 1. The molecular weight excluding hydrogens is 252 g/mol. The zero-order valence-corrected chi connectivity index (χ0v) is 8.58. The molecular formula is C8H6BrN2O3. The highest BCUT2D eigenvalue weighted by Crippen LogP contribution is 2.22. The quantitative estimate of drug-likeness (QED) is 0.471. The van der Waals surface area contributed by atoms with Gasteiger partial charge in [-0.15, -0.1) is 0 Å². The predicted octanol–water partition coefficient (Wildman–Crippen LogP) is 1.91. The van der Waals surface area contributed by atoms with E-state index in [1.54, 1.807) is 0 Å². The van der Waals surface area contributed by atoms with E-state index in [2.05, 4.69) is 15.9 Å². The van der Waals surface area contributed by atoms with Gasteiger partial charge in [0.2, 0.25) is 0 Å². The van der Waals surface area contributed by atoms with Gasteiger partial charge >= 0.3 is 0 Å². The molecule has 1 rings (SSSR count). The van der Waals surface area contributed by atoms with Crippen molar-refractivity contribution in [2.45, 2.75) is 5.33 Å². The molecule has 0 saturated heterocycles. The molecule has 1 amide bonds. The lowest BCUT2D eigenvalue weighted by Gasteiger charge is -2.00. The number of rotatable bonds is 3. The number of hydrogen-bond donors (Lipinski definition) is 0. The van der Waals surface area contributed by atoms with Crippen molar-refractivity contribution in [3.8, 4) is 0 Å². The molecule has 5 nitrogen and oxygen atoms in total. The topological polar surface area (TPSA) is 84.0 Å². The average molecular weight is 258 g/mol. The van der Waals surface area contributed by atoms with E-state index in [1.807, 2.05) is 0 Å². The molecule has 1 aromatic rings. The van der Waals surface area contributed by atoms with Crippen LogP contribution in [0.1, 0.15) is 15.9 Å². The molecule has 0 unspecified atom stereocenters. The van der Waals surface area contributed by atoms with Gasteiger partial charge in [0.05, 0.1) is 4.92 Å². The van der Waals surface area contributed by atoms with Crippen molar-refractivity contribution in [3.63, 3.8) is 0 Å². The van der Waals surface area contributed by atoms with E-state index < -0.39 is 10.8 Å². The fourth-order valence-electron chi connectivity index (χ4n) is 0.988. The first kappa shape index (κ1) is 10.6. The third kappa shape index (κ3) is 2.08. The van der Waals surface area contributed by atoms with E-state index in [9.17, 15) is 14.9 Å². The Bertz CT molecular complexity index is 392. The number of alkyl halides is 1. The van der Waals surface area contributed by atoms with E-state index in [4.69, 9.17) is 5.73 Å². The van der Waals surface area contributed by atoms with E-state index >= 15 is 0 Å². The molecule has 0 heterocycles. The van der Waals surface area contributed by atoms with Gasteiger partial charge in [-0.1, -0.05) is 22.0 Å². The molecule has 6 heteroatoms. The van der Waals surface area contributed by atoms with Crippen LogP contribution in [0.5, 0.6) is 0 Å². The molecule has 0 aliphatic carbocycles. The highest BCUT2D eigenvalue weighted by molar-refractivity contribution is 9.08. The van der Waals surface area contributed by atoms with Crippen LogP contribution in [0.4, 0.5) is 5.69 Å². The maximum atomic E-state index is 10.7. The number of benzene rings is 1. The molecule has 0 aliphatic heterocycles. The molecule has 73 valence electrons. The normalized spacial score (nSPS) is 9.79. The Labute approximate surface area is 88.2 Å². The molecule has 0 bridgehead atoms. The largest absolute Gasteiger partial charge is 0.274 e. The van der Waals surface area contributed by atoms with Gasteiger partial charge in [-0.05, 0) is 6.07 Å². The Hall–Kier alpha value is -1.43. The van der Waals surface area contributed by atoms with Crippen molar-refractivity contribution in [3.05, 3.63) is 39.4 Å². The second-order valence-electron chi connectivity index (χ2n) is 2.56. The Balaban J connectivity index is 3.27.